The Morgan fingerprint density at radius 2 is 1.14 bits per heavy atom. The van der Waals surface area contributed by atoms with Crippen molar-refractivity contribution in [3.8, 4) is 0 Å². The van der Waals surface area contributed by atoms with Crippen LogP contribution in [-0.2, 0) is 0 Å². The number of hydrogen-bond acceptors (Lipinski definition) is 0. The third kappa shape index (κ3) is 6.25. The molecule has 7 heavy (non-hydrogen) atoms. The molecule has 0 N–H and O–H groups in total. The molecular weight excluding hydrogens is 96.4 g/mol. The summed E-state index contributed by atoms with van der Waals surface area (Å²) in [4.78, 5) is 0. The molecule has 0 rings (SSSR count). The molecule has 0 aromatic rings. The third-order valence-electron chi connectivity index (χ3n) is 0.729. The summed E-state index contributed by atoms with van der Waals surface area (Å²) in [6, 6.07) is 0. The van der Waals surface area contributed by atoms with Gasteiger partial charge in [-0.1, -0.05) is 0 Å². The Balaban J connectivity index is 0. The fraction of sp³-hybridized carbons (Fsp3) is 0.333. The monoisotopic (exact) mass is 106 g/mol. The maximum atomic E-state index is 3.66. The Morgan fingerprint density at radius 3 is 1.14 bits per heavy atom. The van der Waals surface area contributed by atoms with Crippen LogP contribution in [0.4, 0.5) is 0 Å². The summed E-state index contributed by atoms with van der Waals surface area (Å²) in [5.74, 6) is 0. The van der Waals surface area contributed by atoms with E-state index in [-0.39, 0.29) is 23.1 Å². The molecule has 0 saturated carbocycles. The molecule has 0 radical (unpaired) electrons. The number of rotatable bonds is 0. The van der Waals surface area contributed by atoms with Gasteiger partial charge in [-0.3, -0.25) is 0 Å². The molecule has 0 heterocycles. The van der Waals surface area contributed by atoms with E-state index in [2.05, 4.69) is 13.8 Å². The molecule has 0 spiro atoms. The molecule has 0 amide bonds. The van der Waals surface area contributed by atoms with Gasteiger partial charge in [0, 0.05) is 0 Å². The van der Waals surface area contributed by atoms with Crippen molar-refractivity contribution in [2.45, 2.75) is 13.8 Å². The van der Waals surface area contributed by atoms with E-state index < -0.39 is 0 Å². The third-order valence-corrected chi connectivity index (χ3v) is 0.729. The number of hydrogen-bond donors (Lipinski definition) is 0. The van der Waals surface area contributed by atoms with Crippen LogP contribution in [0.15, 0.2) is 11.1 Å². The van der Waals surface area contributed by atoms with E-state index in [1.54, 1.807) is 0 Å². The zero-order valence-corrected chi connectivity index (χ0v) is 6.54. The Bertz CT molecular complexity index is 54.2. The zero-order valence-electron chi connectivity index (χ0n) is 5.12. The second-order valence-corrected chi connectivity index (χ2v) is 1.56. The molecule has 0 nitrogen and oxygen atoms in total. The van der Waals surface area contributed by atoms with Crippen molar-refractivity contribution < 1.29 is 0 Å². The van der Waals surface area contributed by atoms with Crippen molar-refractivity contribution in [2.75, 3.05) is 0 Å². The standard InChI is InChI=1S/C6H10.Mg/c1-5(2)6(3)4;/h1,3H2,2,4H3;/q-2;+2. The number of allylic oxidation sites excluding steroid dienone is 2. The molecule has 0 atom stereocenters. The normalized spacial score (nSPS) is 11.7. The van der Waals surface area contributed by atoms with Gasteiger partial charge in [-0.2, -0.15) is 0 Å². The van der Waals surface area contributed by atoms with E-state index in [1.807, 2.05) is 13.8 Å². The fourth-order valence-corrected chi connectivity index (χ4v) is 0. The second-order valence-electron chi connectivity index (χ2n) is 1.56. The quantitative estimate of drug-likeness (QED) is 0.325. The van der Waals surface area contributed by atoms with E-state index in [0.29, 0.717) is 0 Å². The molecule has 0 aliphatic rings. The molecule has 0 fully saturated rings. The van der Waals surface area contributed by atoms with Crippen molar-refractivity contribution in [2.24, 2.45) is 0 Å². The van der Waals surface area contributed by atoms with Gasteiger partial charge in [0.2, 0.25) is 0 Å². The summed E-state index contributed by atoms with van der Waals surface area (Å²) in [6.45, 7) is 11.2. The Kier molecular flexibility index (Phi) is 6.47. The van der Waals surface area contributed by atoms with Crippen molar-refractivity contribution >= 4 is 23.1 Å². The average Bonchev–Trinajstić information content (AvgIpc) is 1.36. The van der Waals surface area contributed by atoms with Crippen LogP contribution in [0.1, 0.15) is 13.8 Å². The van der Waals surface area contributed by atoms with Gasteiger partial charge < -0.3 is 25.0 Å². The van der Waals surface area contributed by atoms with Gasteiger partial charge in [0.15, 0.2) is 0 Å². The minimum Gasteiger partial charge on any atom is -0.367 e. The molecular formula is C6H10Mg. The molecule has 36 valence electrons. The van der Waals surface area contributed by atoms with E-state index in [9.17, 15) is 0 Å². The van der Waals surface area contributed by atoms with Crippen LogP contribution in [-0.4, -0.2) is 23.1 Å². The van der Waals surface area contributed by atoms with E-state index in [4.69, 9.17) is 0 Å². The van der Waals surface area contributed by atoms with Gasteiger partial charge in [0.1, 0.15) is 0 Å². The van der Waals surface area contributed by atoms with Crippen molar-refractivity contribution in [3.63, 3.8) is 0 Å². The Hall–Kier alpha value is 0.246. The Morgan fingerprint density at radius 1 is 1.00 bits per heavy atom. The van der Waals surface area contributed by atoms with Crippen molar-refractivity contribution in [3.05, 3.63) is 25.0 Å². The van der Waals surface area contributed by atoms with Crippen LogP contribution in [0.3, 0.4) is 0 Å². The van der Waals surface area contributed by atoms with Crippen LogP contribution in [0.5, 0.6) is 0 Å². The summed E-state index contributed by atoms with van der Waals surface area (Å²) < 4.78 is 0. The molecule has 0 saturated heterocycles. The molecule has 0 aliphatic heterocycles. The smallest absolute Gasteiger partial charge is 0.367 e. The van der Waals surface area contributed by atoms with Gasteiger partial charge >= 0.3 is 23.1 Å². The predicted molar refractivity (Wildman–Crippen MR) is 34.8 cm³/mol. The van der Waals surface area contributed by atoms with Crippen LogP contribution in [0.2, 0.25) is 0 Å². The predicted octanol–water partition coefficient (Wildman–Crippen LogP) is 1.61. The summed E-state index contributed by atoms with van der Waals surface area (Å²) in [5, 5.41) is 0. The molecule has 0 bridgehead atoms. The largest absolute Gasteiger partial charge is 2.00 e. The maximum absolute atomic E-state index is 3.66. The van der Waals surface area contributed by atoms with Gasteiger partial charge in [-0.05, 0) is 0 Å². The van der Waals surface area contributed by atoms with Crippen LogP contribution in [0.25, 0.3) is 0 Å². The molecule has 0 unspecified atom stereocenters. The van der Waals surface area contributed by atoms with Gasteiger partial charge in [0.05, 0.1) is 0 Å². The first-order chi connectivity index (χ1) is 2.64. The average molecular weight is 106 g/mol. The topological polar surface area (TPSA) is 0 Å². The van der Waals surface area contributed by atoms with Crippen molar-refractivity contribution in [1.82, 2.24) is 0 Å². The van der Waals surface area contributed by atoms with Crippen LogP contribution < -0.4 is 0 Å². The minimum atomic E-state index is 0. The van der Waals surface area contributed by atoms with Crippen LogP contribution >= 0.6 is 0 Å². The fourth-order valence-electron chi connectivity index (χ4n) is 0. The minimum absolute atomic E-state index is 0. The van der Waals surface area contributed by atoms with Crippen molar-refractivity contribution in [1.29, 1.82) is 0 Å². The molecule has 0 aromatic heterocycles. The zero-order chi connectivity index (χ0) is 5.15. The summed E-state index contributed by atoms with van der Waals surface area (Å²) in [6.07, 6.45) is 0. The Labute approximate surface area is 62.1 Å². The van der Waals surface area contributed by atoms with Gasteiger partial charge in [-0.25, -0.2) is 0 Å². The summed E-state index contributed by atoms with van der Waals surface area (Å²) in [7, 11) is 0. The van der Waals surface area contributed by atoms with E-state index >= 15 is 0 Å². The maximum Gasteiger partial charge on any atom is 2.00 e. The van der Waals surface area contributed by atoms with Gasteiger partial charge in [0.25, 0.3) is 0 Å². The molecule has 0 aliphatic carbocycles. The first kappa shape index (κ1) is 10.3. The molecule has 0 aromatic carbocycles. The SMILES string of the molecule is [CH2-]C(C)=C([CH2-])C.[Mg+2]. The van der Waals surface area contributed by atoms with E-state index in [0.717, 1.165) is 11.1 Å². The van der Waals surface area contributed by atoms with E-state index in [1.165, 1.54) is 0 Å². The van der Waals surface area contributed by atoms with Gasteiger partial charge in [-0.15, -0.1) is 13.8 Å². The molecule has 1 heteroatoms. The summed E-state index contributed by atoms with van der Waals surface area (Å²) >= 11 is 0. The van der Waals surface area contributed by atoms with Crippen LogP contribution in [0, 0.1) is 13.8 Å². The first-order valence-electron chi connectivity index (χ1n) is 1.96. The second kappa shape index (κ2) is 4.41. The summed E-state index contributed by atoms with van der Waals surface area (Å²) in [5.41, 5.74) is 2.13. The first-order valence-corrected chi connectivity index (χ1v) is 1.96.